The first-order chi connectivity index (χ1) is 6.75. The monoisotopic (exact) mass is 228 g/mol. The van der Waals surface area contributed by atoms with Gasteiger partial charge in [-0.1, -0.05) is 12.8 Å². The summed E-state index contributed by atoms with van der Waals surface area (Å²) < 4.78 is 0. The highest BCUT2D eigenvalue weighted by atomic mass is 32.2. The van der Waals surface area contributed by atoms with Crippen LogP contribution in [0.25, 0.3) is 0 Å². The number of thiophene rings is 1. The van der Waals surface area contributed by atoms with E-state index >= 15 is 0 Å². The molecule has 0 saturated heterocycles. The fraction of sp³-hybridized carbons (Fsp3) is 0.500. The maximum absolute atomic E-state index is 10.7. The zero-order valence-electron chi connectivity index (χ0n) is 7.73. The van der Waals surface area contributed by atoms with Gasteiger partial charge in [0.25, 0.3) is 0 Å². The van der Waals surface area contributed by atoms with Gasteiger partial charge < -0.3 is 5.11 Å². The van der Waals surface area contributed by atoms with Crippen LogP contribution in [0.15, 0.2) is 16.3 Å². The number of carbonyl (C=O) groups is 1. The summed E-state index contributed by atoms with van der Waals surface area (Å²) in [7, 11) is 0. The molecule has 1 aliphatic rings. The van der Waals surface area contributed by atoms with Gasteiger partial charge in [-0.25, -0.2) is 4.79 Å². The smallest absolute Gasteiger partial charge is 0.345 e. The van der Waals surface area contributed by atoms with Gasteiger partial charge in [0.15, 0.2) is 0 Å². The van der Waals surface area contributed by atoms with Crippen LogP contribution in [0.4, 0.5) is 0 Å². The number of thioether (sulfide) groups is 1. The van der Waals surface area contributed by atoms with Gasteiger partial charge >= 0.3 is 5.97 Å². The molecule has 1 fully saturated rings. The van der Waals surface area contributed by atoms with E-state index in [-0.39, 0.29) is 0 Å². The number of rotatable bonds is 3. The summed E-state index contributed by atoms with van der Waals surface area (Å²) in [5, 5.41) is 11.4. The minimum Gasteiger partial charge on any atom is -0.477 e. The van der Waals surface area contributed by atoms with Gasteiger partial charge in [-0.2, -0.15) is 0 Å². The van der Waals surface area contributed by atoms with Crippen LogP contribution >= 0.6 is 23.1 Å². The largest absolute Gasteiger partial charge is 0.477 e. The van der Waals surface area contributed by atoms with Crippen molar-refractivity contribution >= 4 is 29.1 Å². The molecule has 76 valence electrons. The molecule has 1 aliphatic carbocycles. The third-order valence-electron chi connectivity index (χ3n) is 2.39. The number of aromatic carboxylic acids is 1. The van der Waals surface area contributed by atoms with Crippen molar-refractivity contribution in [2.24, 2.45) is 0 Å². The van der Waals surface area contributed by atoms with Crippen LogP contribution < -0.4 is 0 Å². The second-order valence-electron chi connectivity index (χ2n) is 3.48. The van der Waals surface area contributed by atoms with Crippen LogP contribution in [0.1, 0.15) is 35.4 Å². The Morgan fingerprint density at radius 2 is 2.21 bits per heavy atom. The van der Waals surface area contributed by atoms with Crippen LogP contribution in [0.5, 0.6) is 0 Å². The topological polar surface area (TPSA) is 37.3 Å². The Kier molecular flexibility index (Phi) is 3.13. The Morgan fingerprint density at radius 1 is 1.50 bits per heavy atom. The second-order valence-corrected chi connectivity index (χ2v) is 5.76. The Hall–Kier alpha value is -0.480. The molecule has 1 aromatic heterocycles. The van der Waals surface area contributed by atoms with E-state index in [1.54, 1.807) is 6.07 Å². The molecule has 0 aromatic carbocycles. The maximum atomic E-state index is 10.7. The van der Waals surface area contributed by atoms with Crippen LogP contribution in [0.3, 0.4) is 0 Å². The molecule has 2 rings (SSSR count). The highest BCUT2D eigenvalue weighted by molar-refractivity contribution is 8.00. The molecule has 0 spiro atoms. The molecule has 2 nitrogen and oxygen atoms in total. The molecular weight excluding hydrogens is 216 g/mol. The van der Waals surface area contributed by atoms with Crippen molar-refractivity contribution in [2.45, 2.75) is 35.8 Å². The molecule has 0 aliphatic heterocycles. The van der Waals surface area contributed by atoms with Crippen molar-refractivity contribution in [3.8, 4) is 0 Å². The van der Waals surface area contributed by atoms with Gasteiger partial charge in [0, 0.05) is 15.5 Å². The molecule has 1 aromatic rings. The summed E-state index contributed by atoms with van der Waals surface area (Å²) in [4.78, 5) is 12.2. The highest BCUT2D eigenvalue weighted by Gasteiger charge is 2.17. The Labute approximate surface area is 91.3 Å². The van der Waals surface area contributed by atoms with Gasteiger partial charge in [0.1, 0.15) is 4.88 Å². The molecule has 0 bridgehead atoms. The van der Waals surface area contributed by atoms with E-state index in [1.165, 1.54) is 37.0 Å². The second kappa shape index (κ2) is 4.36. The average Bonchev–Trinajstić information content (AvgIpc) is 2.75. The molecule has 0 amide bonds. The lowest BCUT2D eigenvalue weighted by Gasteiger charge is -2.05. The van der Waals surface area contributed by atoms with Gasteiger partial charge in [-0.3, -0.25) is 0 Å². The van der Waals surface area contributed by atoms with Crippen LogP contribution in [-0.4, -0.2) is 16.3 Å². The summed E-state index contributed by atoms with van der Waals surface area (Å²) in [6.45, 7) is 0. The maximum Gasteiger partial charge on any atom is 0.345 e. The first-order valence-corrected chi connectivity index (χ1v) is 6.50. The lowest BCUT2D eigenvalue weighted by Crippen LogP contribution is -1.92. The van der Waals surface area contributed by atoms with Crippen LogP contribution in [-0.2, 0) is 0 Å². The van der Waals surface area contributed by atoms with Gasteiger partial charge in [-0.05, 0) is 18.9 Å². The zero-order valence-corrected chi connectivity index (χ0v) is 9.37. The molecule has 1 N–H and O–H groups in total. The predicted octanol–water partition coefficient (Wildman–Crippen LogP) is 3.48. The predicted molar refractivity (Wildman–Crippen MR) is 59.4 cm³/mol. The zero-order chi connectivity index (χ0) is 9.97. The molecule has 1 heterocycles. The van der Waals surface area contributed by atoms with Crippen molar-refractivity contribution in [2.75, 3.05) is 0 Å². The summed E-state index contributed by atoms with van der Waals surface area (Å²) in [5.41, 5.74) is 0. The van der Waals surface area contributed by atoms with E-state index in [0.29, 0.717) is 10.1 Å². The number of carboxylic acid groups (broad SMARTS) is 1. The Bertz CT molecular complexity index is 327. The number of carboxylic acids is 1. The number of hydrogen-bond acceptors (Lipinski definition) is 3. The quantitative estimate of drug-likeness (QED) is 0.860. The molecule has 0 atom stereocenters. The third-order valence-corrected chi connectivity index (χ3v) is 4.77. The lowest BCUT2D eigenvalue weighted by atomic mass is 10.4. The van der Waals surface area contributed by atoms with Crippen LogP contribution in [0, 0.1) is 0 Å². The van der Waals surface area contributed by atoms with Crippen molar-refractivity contribution in [1.29, 1.82) is 0 Å². The SMILES string of the molecule is O=C(O)c1cc(SC2CCCC2)cs1. The molecule has 14 heavy (non-hydrogen) atoms. The minimum atomic E-state index is -0.812. The summed E-state index contributed by atoms with van der Waals surface area (Å²) in [6.07, 6.45) is 5.22. The van der Waals surface area contributed by atoms with Crippen molar-refractivity contribution in [3.05, 3.63) is 16.3 Å². The van der Waals surface area contributed by atoms with E-state index in [2.05, 4.69) is 0 Å². The fourth-order valence-electron chi connectivity index (χ4n) is 1.69. The Balaban J connectivity index is 1.98. The first-order valence-electron chi connectivity index (χ1n) is 4.74. The molecule has 4 heteroatoms. The van der Waals surface area contributed by atoms with E-state index in [9.17, 15) is 4.79 Å². The third kappa shape index (κ3) is 2.30. The van der Waals surface area contributed by atoms with Crippen molar-refractivity contribution in [3.63, 3.8) is 0 Å². The van der Waals surface area contributed by atoms with Crippen LogP contribution in [0.2, 0.25) is 0 Å². The lowest BCUT2D eigenvalue weighted by molar-refractivity contribution is 0.0702. The molecular formula is C10H12O2S2. The molecule has 0 unspecified atom stereocenters. The molecule has 0 radical (unpaired) electrons. The van der Waals surface area contributed by atoms with Gasteiger partial charge in [0.05, 0.1) is 0 Å². The standard InChI is InChI=1S/C10H12O2S2/c11-10(12)9-5-8(6-13-9)14-7-3-1-2-4-7/h5-7H,1-4H2,(H,11,12). The van der Waals surface area contributed by atoms with E-state index in [1.807, 2.05) is 17.1 Å². The minimum absolute atomic E-state index is 0.450. The van der Waals surface area contributed by atoms with E-state index in [0.717, 1.165) is 4.90 Å². The normalized spacial score (nSPS) is 17.4. The highest BCUT2D eigenvalue weighted by Crippen LogP contribution is 2.36. The molecule has 1 saturated carbocycles. The average molecular weight is 228 g/mol. The summed E-state index contributed by atoms with van der Waals surface area (Å²) in [6, 6.07) is 1.79. The van der Waals surface area contributed by atoms with Crippen molar-refractivity contribution in [1.82, 2.24) is 0 Å². The fourth-order valence-corrected chi connectivity index (χ4v) is 3.88. The Morgan fingerprint density at radius 3 is 2.79 bits per heavy atom. The van der Waals surface area contributed by atoms with E-state index < -0.39 is 5.97 Å². The van der Waals surface area contributed by atoms with Gasteiger partial charge in [0.2, 0.25) is 0 Å². The number of hydrogen-bond donors (Lipinski definition) is 1. The van der Waals surface area contributed by atoms with Gasteiger partial charge in [-0.15, -0.1) is 23.1 Å². The summed E-state index contributed by atoms with van der Waals surface area (Å²) in [5.74, 6) is -0.812. The van der Waals surface area contributed by atoms with E-state index in [4.69, 9.17) is 5.11 Å². The van der Waals surface area contributed by atoms with Crippen molar-refractivity contribution < 1.29 is 9.90 Å². The summed E-state index contributed by atoms with van der Waals surface area (Å²) >= 11 is 3.16. The first kappa shape index (κ1) is 10.1.